The highest BCUT2D eigenvalue weighted by molar-refractivity contribution is 5.37. The summed E-state index contributed by atoms with van der Waals surface area (Å²) in [5.74, 6) is 0.440. The van der Waals surface area contributed by atoms with Gasteiger partial charge >= 0.3 is 5.69 Å². The average Bonchev–Trinajstić information content (AvgIpc) is 2.14. The molecular weight excluding hydrogens is 184 g/mol. The molecule has 6 heteroatoms. The van der Waals surface area contributed by atoms with Crippen LogP contribution in [0.5, 0.6) is 0 Å². The Hall–Kier alpha value is -1.72. The lowest BCUT2D eigenvalue weighted by Gasteiger charge is -2.02. The topological polar surface area (TPSA) is 81.0 Å². The molecule has 76 valence electrons. The normalized spacial score (nSPS) is 9.86. The minimum Gasteiger partial charge on any atom is -0.354 e. The molecule has 0 fully saturated rings. The van der Waals surface area contributed by atoms with Gasteiger partial charge in [-0.1, -0.05) is 6.92 Å². The molecule has 6 nitrogen and oxygen atoms in total. The molecule has 0 aliphatic carbocycles. The first-order chi connectivity index (χ1) is 6.65. The first-order valence-electron chi connectivity index (χ1n) is 4.37. The van der Waals surface area contributed by atoms with Gasteiger partial charge in [0.25, 0.3) is 0 Å². The number of nitrogens with one attached hydrogen (secondary N) is 1. The molecule has 0 saturated heterocycles. The van der Waals surface area contributed by atoms with Crippen LogP contribution in [0, 0.1) is 17.0 Å². The molecule has 0 aromatic carbocycles. The molecule has 14 heavy (non-hydrogen) atoms. The third-order valence-corrected chi connectivity index (χ3v) is 1.68. The second-order valence-corrected chi connectivity index (χ2v) is 2.85. The minimum absolute atomic E-state index is 0.0490. The predicted octanol–water partition coefficient (Wildman–Crippen LogP) is 1.52. The van der Waals surface area contributed by atoms with Gasteiger partial charge in [-0.25, -0.2) is 9.97 Å². The maximum absolute atomic E-state index is 10.5. The third-order valence-electron chi connectivity index (χ3n) is 1.68. The molecule has 1 rings (SSSR count). The number of rotatable bonds is 4. The Labute approximate surface area is 81.5 Å². The number of aryl methyl sites for hydroxylation is 1. The van der Waals surface area contributed by atoms with Gasteiger partial charge in [-0.3, -0.25) is 10.1 Å². The molecule has 0 spiro atoms. The molecule has 0 amide bonds. The highest BCUT2D eigenvalue weighted by Crippen LogP contribution is 2.14. The molecule has 1 heterocycles. The summed E-state index contributed by atoms with van der Waals surface area (Å²) < 4.78 is 0. The Kier molecular flexibility index (Phi) is 3.33. The summed E-state index contributed by atoms with van der Waals surface area (Å²) in [7, 11) is 0. The monoisotopic (exact) mass is 196 g/mol. The number of aromatic nitrogens is 2. The van der Waals surface area contributed by atoms with Crippen LogP contribution in [0.1, 0.15) is 19.0 Å². The van der Waals surface area contributed by atoms with Crippen molar-refractivity contribution in [3.05, 3.63) is 22.0 Å². The van der Waals surface area contributed by atoms with E-state index >= 15 is 0 Å². The fourth-order valence-corrected chi connectivity index (χ4v) is 0.962. The lowest BCUT2D eigenvalue weighted by atomic mass is 10.4. The van der Waals surface area contributed by atoms with Crippen molar-refractivity contribution in [2.24, 2.45) is 0 Å². The zero-order chi connectivity index (χ0) is 10.6. The first-order valence-corrected chi connectivity index (χ1v) is 4.37. The summed E-state index contributed by atoms with van der Waals surface area (Å²) >= 11 is 0. The summed E-state index contributed by atoms with van der Waals surface area (Å²) in [5, 5.41) is 13.4. The molecule has 0 aliphatic heterocycles. The number of hydrogen-bond donors (Lipinski definition) is 1. The first kappa shape index (κ1) is 10.4. The van der Waals surface area contributed by atoms with Gasteiger partial charge < -0.3 is 5.32 Å². The second-order valence-electron chi connectivity index (χ2n) is 2.85. The maximum atomic E-state index is 10.5. The van der Waals surface area contributed by atoms with E-state index < -0.39 is 4.92 Å². The van der Waals surface area contributed by atoms with Crippen LogP contribution in [0.2, 0.25) is 0 Å². The van der Waals surface area contributed by atoms with Crippen LogP contribution in [0.3, 0.4) is 0 Å². The zero-order valence-electron chi connectivity index (χ0n) is 8.15. The van der Waals surface area contributed by atoms with E-state index in [4.69, 9.17) is 0 Å². The summed E-state index contributed by atoms with van der Waals surface area (Å²) in [5.41, 5.74) is 0.329. The van der Waals surface area contributed by atoms with Gasteiger partial charge in [-0.2, -0.15) is 0 Å². The van der Waals surface area contributed by atoms with Gasteiger partial charge in [-0.05, 0) is 13.3 Å². The summed E-state index contributed by atoms with van der Waals surface area (Å²) in [4.78, 5) is 17.8. The molecule has 1 N–H and O–H groups in total. The highest BCUT2D eigenvalue weighted by Gasteiger charge is 2.12. The van der Waals surface area contributed by atoms with Crippen molar-refractivity contribution in [3.63, 3.8) is 0 Å². The van der Waals surface area contributed by atoms with Crippen molar-refractivity contribution in [1.29, 1.82) is 0 Å². The van der Waals surface area contributed by atoms with Gasteiger partial charge in [0.1, 0.15) is 11.9 Å². The average molecular weight is 196 g/mol. The smallest absolute Gasteiger partial charge is 0.308 e. The van der Waals surface area contributed by atoms with Crippen molar-refractivity contribution in [2.45, 2.75) is 20.3 Å². The molecule has 0 atom stereocenters. The molecule has 0 saturated carbocycles. The standard InChI is InChI=1S/C8H12N4O2/c1-3-4-9-8-10-5-7(12(13)14)6(2)11-8/h5H,3-4H2,1-2H3,(H,9,10,11). The van der Waals surface area contributed by atoms with Gasteiger partial charge in [0.05, 0.1) is 4.92 Å². The van der Waals surface area contributed by atoms with E-state index in [0.29, 0.717) is 11.6 Å². The van der Waals surface area contributed by atoms with Crippen molar-refractivity contribution in [3.8, 4) is 0 Å². The minimum atomic E-state index is -0.487. The molecular formula is C8H12N4O2. The Morgan fingerprint density at radius 2 is 2.36 bits per heavy atom. The van der Waals surface area contributed by atoms with Crippen LogP contribution < -0.4 is 5.32 Å². The maximum Gasteiger partial charge on any atom is 0.308 e. The molecule has 0 unspecified atom stereocenters. The van der Waals surface area contributed by atoms with Crippen LogP contribution >= 0.6 is 0 Å². The van der Waals surface area contributed by atoms with Crippen LogP contribution in [0.4, 0.5) is 11.6 Å². The van der Waals surface area contributed by atoms with Gasteiger partial charge in [0, 0.05) is 6.54 Å². The van der Waals surface area contributed by atoms with Crippen molar-refractivity contribution in [2.75, 3.05) is 11.9 Å². The number of anilines is 1. The van der Waals surface area contributed by atoms with E-state index in [1.54, 1.807) is 6.92 Å². The van der Waals surface area contributed by atoms with E-state index in [1.807, 2.05) is 6.92 Å². The number of hydrogen-bond acceptors (Lipinski definition) is 5. The van der Waals surface area contributed by atoms with E-state index in [0.717, 1.165) is 13.0 Å². The zero-order valence-corrected chi connectivity index (χ0v) is 8.15. The highest BCUT2D eigenvalue weighted by atomic mass is 16.6. The third kappa shape index (κ3) is 2.38. The number of nitro groups is 1. The van der Waals surface area contributed by atoms with Gasteiger partial charge in [0.2, 0.25) is 5.95 Å². The van der Waals surface area contributed by atoms with E-state index in [1.165, 1.54) is 6.20 Å². The summed E-state index contributed by atoms with van der Waals surface area (Å²) in [6, 6.07) is 0. The van der Waals surface area contributed by atoms with Crippen LogP contribution in [0.15, 0.2) is 6.20 Å². The van der Waals surface area contributed by atoms with Gasteiger partial charge in [-0.15, -0.1) is 0 Å². The lowest BCUT2D eigenvalue weighted by molar-refractivity contribution is -0.386. The fraction of sp³-hybridized carbons (Fsp3) is 0.500. The molecule has 1 aromatic heterocycles. The Morgan fingerprint density at radius 3 is 2.86 bits per heavy atom. The Balaban J connectivity index is 2.83. The predicted molar refractivity (Wildman–Crippen MR) is 52.2 cm³/mol. The molecule has 0 aliphatic rings. The largest absolute Gasteiger partial charge is 0.354 e. The lowest BCUT2D eigenvalue weighted by Crippen LogP contribution is -2.06. The Bertz CT molecular complexity index is 340. The van der Waals surface area contributed by atoms with Crippen LogP contribution in [0.25, 0.3) is 0 Å². The van der Waals surface area contributed by atoms with E-state index in [9.17, 15) is 10.1 Å². The van der Waals surface area contributed by atoms with Crippen LogP contribution in [-0.2, 0) is 0 Å². The quantitative estimate of drug-likeness (QED) is 0.583. The van der Waals surface area contributed by atoms with Crippen molar-refractivity contribution < 1.29 is 4.92 Å². The van der Waals surface area contributed by atoms with Crippen LogP contribution in [-0.4, -0.2) is 21.4 Å². The Morgan fingerprint density at radius 1 is 1.64 bits per heavy atom. The number of nitrogens with zero attached hydrogens (tertiary/aromatic N) is 3. The SMILES string of the molecule is CCCNc1ncc([N+](=O)[O-])c(C)n1. The summed E-state index contributed by atoms with van der Waals surface area (Å²) in [6.07, 6.45) is 2.18. The molecule has 0 radical (unpaired) electrons. The van der Waals surface area contributed by atoms with E-state index in [2.05, 4.69) is 15.3 Å². The van der Waals surface area contributed by atoms with E-state index in [-0.39, 0.29) is 5.69 Å². The fourth-order valence-electron chi connectivity index (χ4n) is 0.962. The molecule has 1 aromatic rings. The van der Waals surface area contributed by atoms with Crippen molar-refractivity contribution in [1.82, 2.24) is 9.97 Å². The molecule has 0 bridgehead atoms. The van der Waals surface area contributed by atoms with Crippen molar-refractivity contribution >= 4 is 11.6 Å². The summed E-state index contributed by atoms with van der Waals surface area (Å²) in [6.45, 7) is 4.37. The second kappa shape index (κ2) is 4.50. The van der Waals surface area contributed by atoms with Gasteiger partial charge in [0.15, 0.2) is 0 Å².